The van der Waals surface area contributed by atoms with Gasteiger partial charge in [-0.25, -0.2) is 13.1 Å². The van der Waals surface area contributed by atoms with Gasteiger partial charge in [-0.1, -0.05) is 13.3 Å². The topological polar surface area (TPSA) is 75.3 Å². The molecule has 0 unspecified atom stereocenters. The molecule has 0 fully saturated rings. The third-order valence-electron chi connectivity index (χ3n) is 2.74. The van der Waals surface area contributed by atoms with Gasteiger partial charge in [0.1, 0.15) is 0 Å². The summed E-state index contributed by atoms with van der Waals surface area (Å²) in [5, 5.41) is 2.83. The average Bonchev–Trinajstić information content (AvgIpc) is 2.37. The zero-order chi connectivity index (χ0) is 16.1. The van der Waals surface area contributed by atoms with Crippen molar-refractivity contribution in [1.82, 2.24) is 10.0 Å². The molecule has 0 bridgehead atoms. The molecule has 0 spiro atoms. The van der Waals surface area contributed by atoms with Crippen molar-refractivity contribution in [3.05, 3.63) is 29.8 Å². The highest BCUT2D eigenvalue weighted by Gasteiger charge is 2.17. The lowest BCUT2D eigenvalue weighted by atomic mass is 10.1. The Morgan fingerprint density at radius 3 is 2.19 bits per heavy atom. The minimum atomic E-state index is -3.49. The summed E-state index contributed by atoms with van der Waals surface area (Å²) >= 11 is 0. The second kappa shape index (κ2) is 7.04. The van der Waals surface area contributed by atoms with Crippen molar-refractivity contribution in [2.75, 3.05) is 6.54 Å². The molecule has 0 aliphatic carbocycles. The molecule has 0 saturated heterocycles. The van der Waals surface area contributed by atoms with E-state index in [0.29, 0.717) is 12.1 Å². The molecular formula is C15H24N2O3S. The van der Waals surface area contributed by atoms with E-state index in [1.807, 2.05) is 27.7 Å². The van der Waals surface area contributed by atoms with Gasteiger partial charge in [0.05, 0.1) is 4.90 Å². The minimum Gasteiger partial charge on any atom is -0.347 e. The van der Waals surface area contributed by atoms with Crippen LogP contribution in [-0.4, -0.2) is 26.4 Å². The van der Waals surface area contributed by atoms with Crippen LogP contribution in [0, 0.1) is 0 Å². The van der Waals surface area contributed by atoms with Crippen LogP contribution >= 0.6 is 0 Å². The van der Waals surface area contributed by atoms with Crippen molar-refractivity contribution in [2.24, 2.45) is 0 Å². The lowest BCUT2D eigenvalue weighted by Gasteiger charge is -2.20. The zero-order valence-corrected chi connectivity index (χ0v) is 13.9. The quantitative estimate of drug-likeness (QED) is 0.791. The summed E-state index contributed by atoms with van der Waals surface area (Å²) in [7, 11) is -3.49. The lowest BCUT2D eigenvalue weighted by molar-refractivity contribution is 0.0919. The highest BCUT2D eigenvalue weighted by molar-refractivity contribution is 7.89. The first-order valence-corrected chi connectivity index (χ1v) is 8.56. The Balaban J connectivity index is 2.80. The van der Waals surface area contributed by atoms with Crippen molar-refractivity contribution in [3.63, 3.8) is 0 Å². The molecule has 1 rings (SSSR count). The van der Waals surface area contributed by atoms with Crippen molar-refractivity contribution < 1.29 is 13.2 Å². The number of hydrogen-bond donors (Lipinski definition) is 2. The fourth-order valence-corrected chi connectivity index (χ4v) is 2.74. The summed E-state index contributed by atoms with van der Waals surface area (Å²) < 4.78 is 26.5. The summed E-state index contributed by atoms with van der Waals surface area (Å²) in [5.41, 5.74) is 0.112. The highest BCUT2D eigenvalue weighted by Crippen LogP contribution is 2.11. The molecule has 1 amide bonds. The molecule has 6 heteroatoms. The fourth-order valence-electron chi connectivity index (χ4n) is 1.66. The first-order chi connectivity index (χ1) is 9.65. The predicted octanol–water partition coefficient (Wildman–Crippen LogP) is 2.29. The van der Waals surface area contributed by atoms with Gasteiger partial charge < -0.3 is 5.32 Å². The van der Waals surface area contributed by atoms with Gasteiger partial charge in [0.15, 0.2) is 0 Å². The van der Waals surface area contributed by atoms with Crippen LogP contribution in [0.3, 0.4) is 0 Å². The molecule has 0 heterocycles. The van der Waals surface area contributed by atoms with E-state index in [9.17, 15) is 13.2 Å². The predicted molar refractivity (Wildman–Crippen MR) is 83.8 cm³/mol. The van der Waals surface area contributed by atoms with E-state index in [-0.39, 0.29) is 16.3 Å². The molecule has 1 aromatic rings. The Labute approximate surface area is 127 Å². The molecule has 0 aliphatic rings. The molecule has 1 aromatic carbocycles. The third-order valence-corrected chi connectivity index (χ3v) is 4.21. The van der Waals surface area contributed by atoms with Gasteiger partial charge in [0.2, 0.25) is 10.0 Å². The number of amides is 1. The SMILES string of the molecule is CCCCNS(=O)(=O)c1ccc(C(=O)NC(C)(C)C)cc1. The number of carbonyl (C=O) groups is 1. The number of sulfonamides is 1. The Hall–Kier alpha value is -1.40. The molecule has 2 N–H and O–H groups in total. The molecule has 5 nitrogen and oxygen atoms in total. The van der Waals surface area contributed by atoms with Crippen LogP contribution in [-0.2, 0) is 10.0 Å². The molecular weight excluding hydrogens is 288 g/mol. The molecule has 0 aliphatic heterocycles. The van der Waals surface area contributed by atoms with Crippen LogP contribution in [0.4, 0.5) is 0 Å². The summed E-state index contributed by atoms with van der Waals surface area (Å²) in [4.78, 5) is 12.1. The van der Waals surface area contributed by atoms with Crippen LogP contribution in [0.15, 0.2) is 29.2 Å². The highest BCUT2D eigenvalue weighted by atomic mass is 32.2. The second-order valence-corrected chi connectivity index (χ2v) is 7.75. The van der Waals surface area contributed by atoms with Gasteiger partial charge in [-0.3, -0.25) is 4.79 Å². The van der Waals surface area contributed by atoms with Gasteiger partial charge in [0, 0.05) is 17.6 Å². The third kappa shape index (κ3) is 5.85. The van der Waals surface area contributed by atoms with E-state index in [0.717, 1.165) is 12.8 Å². The normalized spacial score (nSPS) is 12.2. The largest absolute Gasteiger partial charge is 0.347 e. The van der Waals surface area contributed by atoms with Crippen LogP contribution in [0.1, 0.15) is 50.9 Å². The number of nitrogens with one attached hydrogen (secondary N) is 2. The van der Waals surface area contributed by atoms with Gasteiger partial charge in [-0.2, -0.15) is 0 Å². The number of rotatable bonds is 6. The molecule has 0 aromatic heterocycles. The van der Waals surface area contributed by atoms with E-state index in [2.05, 4.69) is 10.0 Å². The fraction of sp³-hybridized carbons (Fsp3) is 0.533. The monoisotopic (exact) mass is 312 g/mol. The van der Waals surface area contributed by atoms with Gasteiger partial charge >= 0.3 is 0 Å². The van der Waals surface area contributed by atoms with E-state index in [4.69, 9.17) is 0 Å². The summed E-state index contributed by atoms with van der Waals surface area (Å²) in [6.45, 7) is 8.09. The van der Waals surface area contributed by atoms with Crippen LogP contribution in [0.5, 0.6) is 0 Å². The second-order valence-electron chi connectivity index (χ2n) is 5.98. The maximum Gasteiger partial charge on any atom is 0.251 e. The summed E-state index contributed by atoms with van der Waals surface area (Å²) in [6.07, 6.45) is 1.72. The minimum absolute atomic E-state index is 0.172. The van der Waals surface area contributed by atoms with Gasteiger partial charge in [0.25, 0.3) is 5.91 Å². The molecule has 21 heavy (non-hydrogen) atoms. The van der Waals surface area contributed by atoms with E-state index < -0.39 is 10.0 Å². The van der Waals surface area contributed by atoms with Crippen molar-refractivity contribution >= 4 is 15.9 Å². The smallest absolute Gasteiger partial charge is 0.251 e. The van der Waals surface area contributed by atoms with E-state index >= 15 is 0 Å². The first kappa shape index (κ1) is 17.7. The molecule has 0 atom stereocenters. The van der Waals surface area contributed by atoms with Crippen molar-refractivity contribution in [2.45, 2.75) is 51.0 Å². The Morgan fingerprint density at radius 1 is 1.14 bits per heavy atom. The van der Waals surface area contributed by atoms with Gasteiger partial charge in [-0.15, -0.1) is 0 Å². The Bertz CT molecular complexity index is 572. The van der Waals surface area contributed by atoms with Crippen molar-refractivity contribution in [3.8, 4) is 0 Å². The maximum absolute atomic E-state index is 12.0. The van der Waals surface area contributed by atoms with Crippen LogP contribution in [0.25, 0.3) is 0 Å². The first-order valence-electron chi connectivity index (χ1n) is 7.08. The van der Waals surface area contributed by atoms with Crippen LogP contribution in [0.2, 0.25) is 0 Å². The standard InChI is InChI=1S/C15H24N2O3S/c1-5-6-11-16-21(19,20)13-9-7-12(8-10-13)14(18)17-15(2,3)4/h7-10,16H,5-6,11H2,1-4H3,(H,17,18). The molecule has 0 radical (unpaired) electrons. The Kier molecular flexibility index (Phi) is 5.92. The molecule has 118 valence electrons. The Morgan fingerprint density at radius 2 is 1.71 bits per heavy atom. The molecule has 0 saturated carbocycles. The van der Waals surface area contributed by atoms with E-state index in [1.165, 1.54) is 24.3 Å². The zero-order valence-electron chi connectivity index (χ0n) is 13.1. The average molecular weight is 312 g/mol. The number of hydrogen-bond acceptors (Lipinski definition) is 3. The number of benzene rings is 1. The number of carbonyl (C=O) groups excluding carboxylic acids is 1. The van der Waals surface area contributed by atoms with Crippen molar-refractivity contribution in [1.29, 1.82) is 0 Å². The maximum atomic E-state index is 12.0. The lowest BCUT2D eigenvalue weighted by Crippen LogP contribution is -2.40. The number of unbranched alkanes of at least 4 members (excludes halogenated alkanes) is 1. The summed E-state index contributed by atoms with van der Waals surface area (Å²) in [6, 6.07) is 5.95. The van der Waals surface area contributed by atoms with E-state index in [1.54, 1.807) is 0 Å². The van der Waals surface area contributed by atoms with Gasteiger partial charge in [-0.05, 0) is 51.5 Å². The summed E-state index contributed by atoms with van der Waals surface area (Å²) in [5.74, 6) is -0.217. The van der Waals surface area contributed by atoms with Crippen LogP contribution < -0.4 is 10.0 Å².